The van der Waals surface area contributed by atoms with E-state index in [0.717, 1.165) is 15.8 Å². The Kier molecular flexibility index (Phi) is 5.00. The van der Waals surface area contributed by atoms with E-state index in [2.05, 4.69) is 16.4 Å². The Balaban J connectivity index is 1.71. The lowest BCUT2D eigenvalue weighted by atomic mass is 10.2. The Morgan fingerprint density at radius 1 is 1.12 bits per heavy atom. The zero-order valence-corrected chi connectivity index (χ0v) is 15.0. The minimum absolute atomic E-state index is 0.231. The van der Waals surface area contributed by atoms with E-state index in [4.69, 9.17) is 9.47 Å². The second kappa shape index (κ2) is 7.36. The van der Waals surface area contributed by atoms with Crippen LogP contribution in [0, 0.1) is 6.92 Å². The van der Waals surface area contributed by atoms with Gasteiger partial charge in [0.05, 0.1) is 24.4 Å². The molecule has 6 heteroatoms. The van der Waals surface area contributed by atoms with E-state index in [0.29, 0.717) is 16.6 Å². The van der Waals surface area contributed by atoms with Crippen LogP contribution in [0.2, 0.25) is 0 Å². The third-order valence-electron chi connectivity index (χ3n) is 3.61. The van der Waals surface area contributed by atoms with Gasteiger partial charge >= 0.3 is 0 Å². The van der Waals surface area contributed by atoms with Gasteiger partial charge in [-0.1, -0.05) is 23.5 Å². The summed E-state index contributed by atoms with van der Waals surface area (Å²) in [6, 6.07) is 11.5. The molecule has 1 N–H and O–H groups in total. The summed E-state index contributed by atoms with van der Waals surface area (Å²) >= 11 is 1.46. The Morgan fingerprint density at radius 3 is 2.68 bits per heavy atom. The minimum atomic E-state index is -0.231. The van der Waals surface area contributed by atoms with E-state index < -0.39 is 0 Å². The van der Waals surface area contributed by atoms with Gasteiger partial charge < -0.3 is 9.47 Å². The number of benzene rings is 2. The van der Waals surface area contributed by atoms with Crippen molar-refractivity contribution in [2.24, 2.45) is 0 Å². The van der Waals surface area contributed by atoms with Gasteiger partial charge in [0.1, 0.15) is 0 Å². The van der Waals surface area contributed by atoms with Crippen molar-refractivity contribution < 1.29 is 14.3 Å². The molecule has 3 rings (SSSR count). The maximum absolute atomic E-state index is 12.1. The molecule has 0 spiro atoms. The van der Waals surface area contributed by atoms with E-state index >= 15 is 0 Å². The van der Waals surface area contributed by atoms with Crippen LogP contribution in [0.4, 0.5) is 5.13 Å². The van der Waals surface area contributed by atoms with Gasteiger partial charge in [-0.15, -0.1) is 0 Å². The summed E-state index contributed by atoms with van der Waals surface area (Å²) < 4.78 is 11.5. The van der Waals surface area contributed by atoms with Crippen LogP contribution in [0.15, 0.2) is 42.5 Å². The first kappa shape index (κ1) is 17.0. The van der Waals surface area contributed by atoms with Gasteiger partial charge in [0.25, 0.3) is 0 Å². The maximum atomic E-state index is 12.1. The van der Waals surface area contributed by atoms with Crippen LogP contribution in [0.25, 0.3) is 16.3 Å². The predicted octanol–water partition coefficient (Wildman–Crippen LogP) is 4.27. The van der Waals surface area contributed by atoms with Crippen molar-refractivity contribution in [2.45, 2.75) is 6.92 Å². The number of anilines is 1. The number of nitrogens with one attached hydrogen (secondary N) is 1. The number of carbonyl (C=O) groups excluding carboxylic acids is 1. The number of nitrogens with zero attached hydrogens (tertiary/aromatic N) is 1. The summed E-state index contributed by atoms with van der Waals surface area (Å²) in [5, 5.41) is 3.38. The first-order chi connectivity index (χ1) is 12.1. The quantitative estimate of drug-likeness (QED) is 0.695. The summed E-state index contributed by atoms with van der Waals surface area (Å²) in [5.74, 6) is 1.03. The summed E-state index contributed by atoms with van der Waals surface area (Å²) in [7, 11) is 3.16. The fourth-order valence-corrected chi connectivity index (χ4v) is 3.33. The lowest BCUT2D eigenvalue weighted by molar-refractivity contribution is -0.111. The monoisotopic (exact) mass is 354 g/mol. The van der Waals surface area contributed by atoms with Crippen LogP contribution in [0.5, 0.6) is 11.5 Å². The molecule has 5 nitrogen and oxygen atoms in total. The third-order valence-corrected chi connectivity index (χ3v) is 4.54. The molecule has 0 aliphatic rings. The Bertz CT molecular complexity index is 947. The van der Waals surface area contributed by atoms with E-state index in [9.17, 15) is 4.79 Å². The number of hydrogen-bond acceptors (Lipinski definition) is 5. The standard InChI is InChI=1S/C19H18N2O3S/c1-12-4-7-14-17(10-12)25-19(20-14)21-18(22)9-6-13-5-8-15(23-2)16(11-13)24-3/h4-11H,1-3H3,(H,20,21,22). The highest BCUT2D eigenvalue weighted by Gasteiger charge is 2.07. The molecule has 0 aliphatic carbocycles. The highest BCUT2D eigenvalue weighted by atomic mass is 32.1. The van der Waals surface area contributed by atoms with E-state index in [1.807, 2.05) is 31.2 Å². The maximum Gasteiger partial charge on any atom is 0.250 e. The molecule has 0 aliphatic heterocycles. The van der Waals surface area contributed by atoms with Crippen molar-refractivity contribution >= 4 is 38.7 Å². The number of carbonyl (C=O) groups is 1. The van der Waals surface area contributed by atoms with Gasteiger partial charge in [-0.3, -0.25) is 10.1 Å². The summed E-state index contributed by atoms with van der Waals surface area (Å²) in [6.45, 7) is 2.03. The van der Waals surface area contributed by atoms with Crippen molar-refractivity contribution in [1.29, 1.82) is 0 Å². The highest BCUT2D eigenvalue weighted by Crippen LogP contribution is 2.28. The molecule has 1 aromatic heterocycles. The Morgan fingerprint density at radius 2 is 1.92 bits per heavy atom. The van der Waals surface area contributed by atoms with Crippen LogP contribution in [-0.4, -0.2) is 25.1 Å². The zero-order valence-electron chi connectivity index (χ0n) is 14.2. The molecule has 0 unspecified atom stereocenters. The molecule has 0 bridgehead atoms. The number of aromatic nitrogens is 1. The minimum Gasteiger partial charge on any atom is -0.493 e. The molecule has 2 aromatic carbocycles. The van der Waals surface area contributed by atoms with Gasteiger partial charge in [0, 0.05) is 6.08 Å². The predicted molar refractivity (Wildman–Crippen MR) is 102 cm³/mol. The number of amides is 1. The van der Waals surface area contributed by atoms with Gasteiger partial charge in [-0.2, -0.15) is 0 Å². The number of ether oxygens (including phenoxy) is 2. The van der Waals surface area contributed by atoms with Crippen LogP contribution >= 0.6 is 11.3 Å². The molecule has 0 fully saturated rings. The molecular formula is C19H18N2O3S. The second-order valence-electron chi connectivity index (χ2n) is 5.43. The number of rotatable bonds is 5. The molecule has 1 heterocycles. The summed E-state index contributed by atoms with van der Waals surface area (Å²) in [5.41, 5.74) is 2.89. The number of hydrogen-bond donors (Lipinski definition) is 1. The average molecular weight is 354 g/mol. The molecule has 1 amide bonds. The van der Waals surface area contributed by atoms with Gasteiger partial charge in [0.15, 0.2) is 16.6 Å². The highest BCUT2D eigenvalue weighted by molar-refractivity contribution is 7.22. The summed E-state index contributed by atoms with van der Waals surface area (Å²) in [4.78, 5) is 16.5. The first-order valence-electron chi connectivity index (χ1n) is 7.67. The van der Waals surface area contributed by atoms with Gasteiger partial charge in [0.2, 0.25) is 5.91 Å². The molecule has 25 heavy (non-hydrogen) atoms. The van der Waals surface area contributed by atoms with E-state index in [1.54, 1.807) is 26.4 Å². The third kappa shape index (κ3) is 3.97. The summed E-state index contributed by atoms with van der Waals surface area (Å²) in [6.07, 6.45) is 3.19. The van der Waals surface area contributed by atoms with Crippen molar-refractivity contribution in [3.8, 4) is 11.5 Å². The molecule has 128 valence electrons. The lowest BCUT2D eigenvalue weighted by Crippen LogP contribution is -2.07. The topological polar surface area (TPSA) is 60.5 Å². The Hall–Kier alpha value is -2.86. The average Bonchev–Trinajstić information content (AvgIpc) is 3.00. The number of methoxy groups -OCH3 is 2. The van der Waals surface area contributed by atoms with Crippen LogP contribution in [0.1, 0.15) is 11.1 Å². The SMILES string of the molecule is COc1ccc(C=CC(=O)Nc2nc3ccc(C)cc3s2)cc1OC. The molecule has 0 radical (unpaired) electrons. The number of aryl methyl sites for hydroxylation is 1. The van der Waals surface area contributed by atoms with Crippen LogP contribution in [0.3, 0.4) is 0 Å². The van der Waals surface area contributed by atoms with Crippen molar-refractivity contribution in [2.75, 3.05) is 19.5 Å². The smallest absolute Gasteiger partial charge is 0.250 e. The number of thiazole rings is 1. The normalized spacial score (nSPS) is 11.0. The van der Waals surface area contributed by atoms with Crippen LogP contribution in [-0.2, 0) is 4.79 Å². The fourth-order valence-electron chi connectivity index (χ4n) is 2.36. The number of fused-ring (bicyclic) bond motifs is 1. The molecular weight excluding hydrogens is 336 g/mol. The van der Waals surface area contributed by atoms with E-state index in [-0.39, 0.29) is 5.91 Å². The lowest BCUT2D eigenvalue weighted by Gasteiger charge is -2.07. The largest absolute Gasteiger partial charge is 0.493 e. The van der Waals surface area contributed by atoms with Crippen molar-refractivity contribution in [1.82, 2.24) is 4.98 Å². The van der Waals surface area contributed by atoms with Crippen molar-refractivity contribution in [3.63, 3.8) is 0 Å². The Labute approximate surface area is 149 Å². The van der Waals surface area contributed by atoms with Crippen molar-refractivity contribution in [3.05, 3.63) is 53.6 Å². The zero-order chi connectivity index (χ0) is 17.8. The van der Waals surface area contributed by atoms with Gasteiger partial charge in [-0.25, -0.2) is 4.98 Å². The molecule has 0 atom stereocenters. The molecule has 3 aromatic rings. The van der Waals surface area contributed by atoms with Gasteiger partial charge in [-0.05, 0) is 48.4 Å². The molecule has 0 saturated carbocycles. The first-order valence-corrected chi connectivity index (χ1v) is 8.49. The second-order valence-corrected chi connectivity index (χ2v) is 6.46. The molecule has 0 saturated heterocycles. The van der Waals surface area contributed by atoms with E-state index in [1.165, 1.54) is 23.0 Å². The fraction of sp³-hybridized carbons (Fsp3) is 0.158. The van der Waals surface area contributed by atoms with Crippen LogP contribution < -0.4 is 14.8 Å².